The van der Waals surface area contributed by atoms with Crippen LogP contribution in [0.3, 0.4) is 0 Å². The van der Waals surface area contributed by atoms with Crippen molar-refractivity contribution in [3.8, 4) is 5.75 Å². The van der Waals surface area contributed by atoms with Gasteiger partial charge >= 0.3 is 11.9 Å². The van der Waals surface area contributed by atoms with E-state index < -0.39 is 22.0 Å². The minimum Gasteiger partial charge on any atom is -0.497 e. The molecule has 0 saturated carbocycles. The van der Waals surface area contributed by atoms with Gasteiger partial charge in [0.15, 0.2) is 0 Å². The van der Waals surface area contributed by atoms with Gasteiger partial charge in [-0.25, -0.2) is 18.0 Å². The van der Waals surface area contributed by atoms with Crippen LogP contribution in [-0.2, 0) is 23.1 Å². The number of carboxylic acid groups (broad SMARTS) is 2. The molecule has 0 aromatic heterocycles. The predicted octanol–water partition coefficient (Wildman–Crippen LogP) is 3.48. The Morgan fingerprint density at radius 3 is 1.97 bits per heavy atom. The third-order valence-corrected chi connectivity index (χ3v) is 6.60. The van der Waals surface area contributed by atoms with E-state index in [1.165, 1.54) is 47.8 Å². The molecule has 0 saturated heterocycles. The average molecular weight is 455 g/mol. The van der Waals surface area contributed by atoms with Crippen LogP contribution in [-0.4, -0.2) is 42.0 Å². The van der Waals surface area contributed by atoms with Gasteiger partial charge in [0.2, 0.25) is 10.0 Å². The van der Waals surface area contributed by atoms with Crippen molar-refractivity contribution in [1.29, 1.82) is 0 Å². The topological polar surface area (TPSA) is 121 Å². The van der Waals surface area contributed by atoms with E-state index in [1.54, 1.807) is 36.4 Å². The van der Waals surface area contributed by atoms with Crippen molar-refractivity contribution >= 4 is 22.0 Å². The van der Waals surface area contributed by atoms with Crippen molar-refractivity contribution in [2.75, 3.05) is 7.11 Å². The minimum absolute atomic E-state index is 0.0182. The van der Waals surface area contributed by atoms with Gasteiger partial charge in [-0.05, 0) is 59.7 Å². The van der Waals surface area contributed by atoms with Gasteiger partial charge in [-0.3, -0.25) is 0 Å². The fraction of sp³-hybridized carbons (Fsp3) is 0.130. The number of methoxy groups -OCH3 is 1. The van der Waals surface area contributed by atoms with Crippen molar-refractivity contribution in [1.82, 2.24) is 4.31 Å². The lowest BCUT2D eigenvalue weighted by Gasteiger charge is -2.23. The van der Waals surface area contributed by atoms with E-state index in [-0.39, 0.29) is 29.1 Å². The molecule has 0 bridgehead atoms. The summed E-state index contributed by atoms with van der Waals surface area (Å²) in [6.07, 6.45) is 0. The van der Waals surface area contributed by atoms with Gasteiger partial charge in [0.05, 0.1) is 23.1 Å². The van der Waals surface area contributed by atoms with Gasteiger partial charge in [0, 0.05) is 13.1 Å². The van der Waals surface area contributed by atoms with Crippen LogP contribution < -0.4 is 4.74 Å². The highest BCUT2D eigenvalue weighted by atomic mass is 32.2. The maximum atomic E-state index is 13.4. The number of nitrogens with zero attached hydrogens (tertiary/aromatic N) is 1. The highest BCUT2D eigenvalue weighted by molar-refractivity contribution is 7.89. The molecular weight excluding hydrogens is 434 g/mol. The molecule has 0 radical (unpaired) electrons. The number of hydrogen-bond donors (Lipinski definition) is 2. The Morgan fingerprint density at radius 2 is 1.41 bits per heavy atom. The van der Waals surface area contributed by atoms with E-state index in [4.69, 9.17) is 9.84 Å². The number of hydrogen-bond acceptors (Lipinski definition) is 5. The smallest absolute Gasteiger partial charge is 0.335 e. The van der Waals surface area contributed by atoms with Crippen molar-refractivity contribution in [2.24, 2.45) is 0 Å². The number of sulfonamides is 1. The summed E-state index contributed by atoms with van der Waals surface area (Å²) in [6, 6.07) is 17.9. The molecule has 0 amide bonds. The first-order chi connectivity index (χ1) is 15.2. The molecule has 3 aromatic carbocycles. The SMILES string of the molecule is COc1ccc(CN(Cc2cccc(C(=O)O)c2)S(=O)(=O)c2ccc(C(=O)O)cc2)cc1. The van der Waals surface area contributed by atoms with E-state index in [2.05, 4.69) is 0 Å². The van der Waals surface area contributed by atoms with Crippen molar-refractivity contribution in [2.45, 2.75) is 18.0 Å². The molecule has 0 fully saturated rings. The molecule has 9 heteroatoms. The summed E-state index contributed by atoms with van der Waals surface area (Å²) < 4.78 is 33.2. The molecule has 0 aliphatic carbocycles. The van der Waals surface area contributed by atoms with Gasteiger partial charge in [-0.2, -0.15) is 4.31 Å². The van der Waals surface area contributed by atoms with Gasteiger partial charge in [-0.15, -0.1) is 0 Å². The number of benzene rings is 3. The summed E-state index contributed by atoms with van der Waals surface area (Å²) in [5, 5.41) is 18.3. The summed E-state index contributed by atoms with van der Waals surface area (Å²) >= 11 is 0. The van der Waals surface area contributed by atoms with Crippen molar-refractivity contribution < 1.29 is 33.0 Å². The lowest BCUT2D eigenvalue weighted by Crippen LogP contribution is -2.30. The molecule has 0 atom stereocenters. The van der Waals surface area contributed by atoms with Crippen LogP contribution in [0.2, 0.25) is 0 Å². The van der Waals surface area contributed by atoms with Gasteiger partial charge in [0.1, 0.15) is 5.75 Å². The number of ether oxygens (including phenoxy) is 1. The molecular formula is C23H21NO7S. The van der Waals surface area contributed by atoms with Crippen LogP contribution in [0.25, 0.3) is 0 Å². The molecule has 3 rings (SSSR count). The van der Waals surface area contributed by atoms with Crippen LogP contribution >= 0.6 is 0 Å². The van der Waals surface area contributed by atoms with Gasteiger partial charge < -0.3 is 14.9 Å². The fourth-order valence-corrected chi connectivity index (χ4v) is 4.50. The first-order valence-corrected chi connectivity index (χ1v) is 10.9. The second-order valence-corrected chi connectivity index (χ2v) is 8.89. The van der Waals surface area contributed by atoms with Gasteiger partial charge in [-0.1, -0.05) is 24.3 Å². The molecule has 32 heavy (non-hydrogen) atoms. The van der Waals surface area contributed by atoms with Crippen LogP contribution in [0, 0.1) is 0 Å². The predicted molar refractivity (Wildman–Crippen MR) is 116 cm³/mol. The zero-order valence-corrected chi connectivity index (χ0v) is 18.0. The molecule has 0 aliphatic heterocycles. The van der Waals surface area contributed by atoms with E-state index in [0.717, 1.165) is 0 Å². The van der Waals surface area contributed by atoms with Crippen LogP contribution in [0.4, 0.5) is 0 Å². The van der Waals surface area contributed by atoms with E-state index in [1.807, 2.05) is 0 Å². The maximum Gasteiger partial charge on any atom is 0.335 e. The van der Waals surface area contributed by atoms with Crippen LogP contribution in [0.5, 0.6) is 5.75 Å². The highest BCUT2D eigenvalue weighted by Crippen LogP contribution is 2.23. The van der Waals surface area contributed by atoms with Crippen molar-refractivity contribution in [3.05, 3.63) is 95.1 Å². The summed E-state index contributed by atoms with van der Waals surface area (Å²) in [7, 11) is -2.50. The van der Waals surface area contributed by atoms with E-state index in [0.29, 0.717) is 16.9 Å². The Labute approximate surface area is 185 Å². The summed E-state index contributed by atoms with van der Waals surface area (Å²) in [4.78, 5) is 22.3. The quantitative estimate of drug-likeness (QED) is 0.507. The van der Waals surface area contributed by atoms with Gasteiger partial charge in [0.25, 0.3) is 0 Å². The Kier molecular flexibility index (Phi) is 6.92. The number of carbonyl (C=O) groups is 2. The van der Waals surface area contributed by atoms with E-state index in [9.17, 15) is 23.1 Å². The lowest BCUT2D eigenvalue weighted by atomic mass is 10.1. The fourth-order valence-electron chi connectivity index (χ4n) is 3.09. The first-order valence-electron chi connectivity index (χ1n) is 9.49. The summed E-state index contributed by atoms with van der Waals surface area (Å²) in [5.41, 5.74) is 1.23. The molecule has 0 unspecified atom stereocenters. The highest BCUT2D eigenvalue weighted by Gasteiger charge is 2.25. The largest absolute Gasteiger partial charge is 0.497 e. The third-order valence-electron chi connectivity index (χ3n) is 4.79. The lowest BCUT2D eigenvalue weighted by molar-refractivity contribution is 0.0686. The molecule has 166 valence electrons. The minimum atomic E-state index is -4.03. The molecule has 0 heterocycles. The van der Waals surface area contributed by atoms with Crippen LogP contribution in [0.1, 0.15) is 31.8 Å². The molecule has 2 N–H and O–H groups in total. The Balaban J connectivity index is 1.98. The summed E-state index contributed by atoms with van der Waals surface area (Å²) in [6.45, 7) is -0.0551. The standard InChI is InChI=1S/C23H21NO7S/c1-31-20-9-5-16(6-10-20)14-24(15-17-3-2-4-19(13-17)23(27)28)32(29,30)21-11-7-18(8-12-21)22(25)26/h2-13H,14-15H2,1H3,(H,25,26)(H,27,28). The Hall–Kier alpha value is -3.69. The molecule has 0 spiro atoms. The first kappa shape index (κ1) is 23.0. The molecule has 0 aliphatic rings. The average Bonchev–Trinajstić information content (AvgIpc) is 2.79. The Bertz CT molecular complexity index is 1220. The maximum absolute atomic E-state index is 13.4. The monoisotopic (exact) mass is 455 g/mol. The van der Waals surface area contributed by atoms with Crippen molar-refractivity contribution in [3.63, 3.8) is 0 Å². The van der Waals surface area contributed by atoms with E-state index >= 15 is 0 Å². The second kappa shape index (κ2) is 9.63. The number of carboxylic acids is 2. The molecule has 3 aromatic rings. The molecule has 8 nitrogen and oxygen atoms in total. The Morgan fingerprint density at radius 1 is 0.812 bits per heavy atom. The number of aromatic carboxylic acids is 2. The summed E-state index contributed by atoms with van der Waals surface area (Å²) in [5.74, 6) is -1.64. The second-order valence-electron chi connectivity index (χ2n) is 6.96. The number of rotatable bonds is 9. The zero-order valence-electron chi connectivity index (χ0n) is 17.1. The zero-order chi connectivity index (χ0) is 23.3. The normalized spacial score (nSPS) is 11.3. The van der Waals surface area contributed by atoms with Crippen LogP contribution in [0.15, 0.2) is 77.7 Å². The third kappa shape index (κ3) is 5.32.